The molecule has 2 heteroatoms. The zero-order valence-electron chi connectivity index (χ0n) is 8.56. The van der Waals surface area contributed by atoms with E-state index in [9.17, 15) is 4.79 Å². The van der Waals surface area contributed by atoms with Crippen molar-refractivity contribution in [3.8, 4) is 0 Å². The van der Waals surface area contributed by atoms with Crippen molar-refractivity contribution in [1.29, 1.82) is 0 Å². The maximum atomic E-state index is 11.1. The molecule has 0 heterocycles. The Morgan fingerprint density at radius 1 is 1.06 bits per heavy atom. The van der Waals surface area contributed by atoms with Crippen LogP contribution in [0, 0.1) is 31.6 Å². The molecule has 79 valence electrons. The summed E-state index contributed by atoms with van der Waals surface area (Å²) in [5, 5.41) is 0.492. The Morgan fingerprint density at radius 3 is 2.25 bits per heavy atom. The summed E-state index contributed by atoms with van der Waals surface area (Å²) in [6, 6.07) is 9.41. The first kappa shape index (κ1) is 11.4. The van der Waals surface area contributed by atoms with Crippen LogP contribution in [0.15, 0.2) is 35.4 Å². The van der Waals surface area contributed by atoms with Crippen LogP contribution in [0.3, 0.4) is 0 Å². The van der Waals surface area contributed by atoms with E-state index in [-0.39, 0.29) is 0 Å². The van der Waals surface area contributed by atoms with Crippen LogP contribution in [0.4, 0.5) is 0 Å². The highest BCUT2D eigenvalue weighted by Crippen LogP contribution is 2.36. The van der Waals surface area contributed by atoms with Crippen molar-refractivity contribution in [1.82, 2.24) is 0 Å². The van der Waals surface area contributed by atoms with Crippen LogP contribution in [-0.2, 0) is 4.79 Å². The molecule has 1 aliphatic carbocycles. The summed E-state index contributed by atoms with van der Waals surface area (Å²) in [6.45, 7) is 0. The smallest absolute Gasteiger partial charge is 0.151 e. The Labute approximate surface area is 101 Å². The Kier molecular flexibility index (Phi) is 3.79. The van der Waals surface area contributed by atoms with Crippen molar-refractivity contribution in [2.75, 3.05) is 0 Å². The Balaban J connectivity index is 2.33. The second-order valence-electron chi connectivity index (χ2n) is 3.39. The van der Waals surface area contributed by atoms with Crippen LogP contribution < -0.4 is 0 Å². The number of hydrogen-bond donors (Lipinski definition) is 0. The molecule has 0 aliphatic heterocycles. The van der Waals surface area contributed by atoms with Crippen molar-refractivity contribution in [2.24, 2.45) is 0 Å². The molecule has 1 fully saturated rings. The zero-order valence-corrected chi connectivity index (χ0v) is 9.32. The molecular formula is C14H10ClO. The largest absolute Gasteiger partial charge is 0.298 e. The van der Waals surface area contributed by atoms with Gasteiger partial charge in [-0.05, 0) is 31.2 Å². The van der Waals surface area contributed by atoms with Crippen molar-refractivity contribution in [3.63, 3.8) is 0 Å². The van der Waals surface area contributed by atoms with Gasteiger partial charge < -0.3 is 0 Å². The predicted octanol–water partition coefficient (Wildman–Crippen LogP) is 3.24. The normalized spacial score (nSPS) is 18.3. The van der Waals surface area contributed by atoms with E-state index in [1.54, 1.807) is 0 Å². The van der Waals surface area contributed by atoms with Gasteiger partial charge in [-0.15, -0.1) is 0 Å². The van der Waals surface area contributed by atoms with E-state index in [1.165, 1.54) is 0 Å². The molecular weight excluding hydrogens is 220 g/mol. The number of rotatable bonds is 3. The maximum absolute atomic E-state index is 11.1. The van der Waals surface area contributed by atoms with Gasteiger partial charge in [-0.3, -0.25) is 4.79 Å². The van der Waals surface area contributed by atoms with Gasteiger partial charge >= 0.3 is 0 Å². The summed E-state index contributed by atoms with van der Waals surface area (Å²) < 4.78 is 0. The molecule has 0 bridgehead atoms. The van der Waals surface area contributed by atoms with Crippen LogP contribution in [-0.4, -0.2) is 6.29 Å². The summed E-state index contributed by atoms with van der Waals surface area (Å²) in [4.78, 5) is 11.1. The summed E-state index contributed by atoms with van der Waals surface area (Å²) in [5.74, 6) is 0.868. The molecule has 1 aliphatic rings. The van der Waals surface area contributed by atoms with E-state index in [2.05, 4.69) is 0 Å². The monoisotopic (exact) mass is 229 g/mol. The molecule has 0 aromatic heterocycles. The average Bonchev–Trinajstić information content (AvgIpc) is 2.85. The van der Waals surface area contributed by atoms with E-state index >= 15 is 0 Å². The Bertz CT molecular complexity index is 388. The second-order valence-corrected chi connectivity index (χ2v) is 3.76. The molecule has 1 aromatic rings. The lowest BCUT2D eigenvalue weighted by molar-refractivity contribution is -0.103. The van der Waals surface area contributed by atoms with Gasteiger partial charge in [0.25, 0.3) is 0 Å². The van der Waals surface area contributed by atoms with E-state index in [4.69, 9.17) is 11.6 Å². The highest BCUT2D eigenvalue weighted by atomic mass is 35.5. The molecule has 16 heavy (non-hydrogen) atoms. The summed E-state index contributed by atoms with van der Waals surface area (Å²) in [5.41, 5.74) is 1.36. The lowest BCUT2D eigenvalue weighted by Crippen LogP contribution is -1.97. The molecule has 2 rings (SSSR count). The third-order valence-corrected chi connectivity index (χ3v) is 2.78. The number of hydrogen-bond acceptors (Lipinski definition) is 1. The first-order valence-corrected chi connectivity index (χ1v) is 5.33. The standard InChI is InChI=1S/C14H10ClO/c15-14(12-8-4-5-9-12)13(10-16)11-6-2-1-3-7-11/h1-10H/b14-13-. The maximum Gasteiger partial charge on any atom is 0.151 e. The van der Waals surface area contributed by atoms with E-state index in [1.807, 2.05) is 56.0 Å². The van der Waals surface area contributed by atoms with Crippen molar-refractivity contribution < 1.29 is 4.79 Å². The molecule has 1 nitrogen and oxygen atoms in total. The fourth-order valence-corrected chi connectivity index (χ4v) is 1.82. The van der Waals surface area contributed by atoms with E-state index in [0.717, 1.165) is 17.8 Å². The molecule has 1 saturated carbocycles. The molecule has 0 saturated heterocycles. The number of carbonyl (C=O) groups excluding carboxylic acids is 1. The van der Waals surface area contributed by atoms with Gasteiger partial charge in [-0.2, -0.15) is 0 Å². The summed E-state index contributed by atoms with van der Waals surface area (Å²) >= 11 is 6.20. The number of halogens is 1. The predicted molar refractivity (Wildman–Crippen MR) is 65.7 cm³/mol. The highest BCUT2D eigenvalue weighted by molar-refractivity contribution is 6.39. The third kappa shape index (κ3) is 2.35. The minimum absolute atomic E-state index is 0.492. The first-order valence-electron chi connectivity index (χ1n) is 4.95. The van der Waals surface area contributed by atoms with Gasteiger partial charge in [0.2, 0.25) is 0 Å². The number of aldehydes is 1. The van der Waals surface area contributed by atoms with Crippen LogP contribution >= 0.6 is 11.6 Å². The quantitative estimate of drug-likeness (QED) is 0.575. The van der Waals surface area contributed by atoms with Crippen molar-refractivity contribution in [3.05, 3.63) is 72.5 Å². The topological polar surface area (TPSA) is 17.1 Å². The van der Waals surface area contributed by atoms with Gasteiger partial charge in [-0.25, -0.2) is 0 Å². The number of benzene rings is 1. The number of allylic oxidation sites excluding steroid dienone is 2. The highest BCUT2D eigenvalue weighted by Gasteiger charge is 2.23. The summed E-state index contributed by atoms with van der Waals surface area (Å²) in [7, 11) is 0. The van der Waals surface area contributed by atoms with Crippen LogP contribution in [0.5, 0.6) is 0 Å². The van der Waals surface area contributed by atoms with Gasteiger partial charge in [0, 0.05) is 16.5 Å². The van der Waals surface area contributed by atoms with Gasteiger partial charge in [0.05, 0.1) is 0 Å². The van der Waals surface area contributed by atoms with E-state index < -0.39 is 0 Å². The Hall–Kier alpha value is -1.08. The lowest BCUT2D eigenvalue weighted by atomic mass is 9.99. The molecule has 0 atom stereocenters. The zero-order chi connectivity index (χ0) is 11.4. The SMILES string of the molecule is O=C/C(=C(/Cl)[C]1[CH][CH][CH][CH]1)c1ccccc1. The van der Waals surface area contributed by atoms with E-state index in [0.29, 0.717) is 10.6 Å². The van der Waals surface area contributed by atoms with Crippen LogP contribution in [0.1, 0.15) is 5.56 Å². The van der Waals surface area contributed by atoms with Crippen molar-refractivity contribution in [2.45, 2.75) is 0 Å². The van der Waals surface area contributed by atoms with Crippen molar-refractivity contribution >= 4 is 23.5 Å². The second kappa shape index (κ2) is 5.31. The van der Waals surface area contributed by atoms with Gasteiger partial charge in [0.1, 0.15) is 0 Å². The average molecular weight is 230 g/mol. The third-order valence-electron chi connectivity index (χ3n) is 2.36. The molecule has 5 radical (unpaired) electrons. The fourth-order valence-electron chi connectivity index (χ4n) is 1.54. The minimum atomic E-state index is 0.492. The number of carbonyl (C=O) groups is 1. The van der Waals surface area contributed by atoms with Gasteiger partial charge in [0.15, 0.2) is 6.29 Å². The molecule has 0 N–H and O–H groups in total. The fraction of sp³-hybridized carbons (Fsp3) is 0. The first-order chi connectivity index (χ1) is 7.83. The summed E-state index contributed by atoms with van der Waals surface area (Å²) in [6.07, 6.45) is 8.35. The van der Waals surface area contributed by atoms with Crippen LogP contribution in [0.2, 0.25) is 0 Å². The molecule has 0 spiro atoms. The molecule has 1 aromatic carbocycles. The Morgan fingerprint density at radius 2 is 1.69 bits per heavy atom. The van der Waals surface area contributed by atoms with Gasteiger partial charge in [-0.1, -0.05) is 41.9 Å². The van der Waals surface area contributed by atoms with Crippen LogP contribution in [0.25, 0.3) is 5.57 Å². The lowest BCUT2D eigenvalue weighted by Gasteiger charge is -2.10. The molecule has 0 amide bonds. The molecule has 0 unspecified atom stereocenters. The minimum Gasteiger partial charge on any atom is -0.298 e.